The molecule has 0 aromatic heterocycles. The lowest BCUT2D eigenvalue weighted by Gasteiger charge is -2.25. The predicted octanol–water partition coefficient (Wildman–Crippen LogP) is 4.43. The highest BCUT2D eigenvalue weighted by molar-refractivity contribution is 6.22. The van der Waals surface area contributed by atoms with Crippen molar-refractivity contribution in [3.63, 3.8) is 0 Å². The summed E-state index contributed by atoms with van der Waals surface area (Å²) in [6.45, 7) is 1.36. The first-order chi connectivity index (χ1) is 16.5. The van der Waals surface area contributed by atoms with Crippen molar-refractivity contribution in [2.45, 2.75) is 32.4 Å². The van der Waals surface area contributed by atoms with E-state index in [9.17, 15) is 32.3 Å². The summed E-state index contributed by atoms with van der Waals surface area (Å²) in [5, 5.41) is 2.25. The average molecular weight is 488 g/mol. The highest BCUT2D eigenvalue weighted by Gasteiger charge is 2.49. The molecular formula is C25H23F3N2O5. The maximum absolute atomic E-state index is 12.8. The van der Waals surface area contributed by atoms with Gasteiger partial charge >= 0.3 is 12.1 Å². The van der Waals surface area contributed by atoms with Gasteiger partial charge in [-0.3, -0.25) is 19.3 Å². The van der Waals surface area contributed by atoms with Gasteiger partial charge < -0.3 is 10.1 Å². The molecule has 1 heterocycles. The monoisotopic (exact) mass is 488 g/mol. The number of carbonyl (C=O) groups excluding carboxylic acids is 4. The number of ether oxygens (including phenoxy) is 1. The average Bonchev–Trinajstić information content (AvgIpc) is 3.06. The van der Waals surface area contributed by atoms with Crippen LogP contribution in [0, 0.1) is 17.8 Å². The van der Waals surface area contributed by atoms with E-state index in [1.807, 2.05) is 0 Å². The summed E-state index contributed by atoms with van der Waals surface area (Å²) in [4.78, 5) is 51.1. The van der Waals surface area contributed by atoms with Gasteiger partial charge in [0.15, 0.2) is 6.61 Å². The van der Waals surface area contributed by atoms with Gasteiger partial charge in [-0.25, -0.2) is 4.79 Å². The molecular weight excluding hydrogens is 465 g/mol. The Labute approximate surface area is 199 Å². The van der Waals surface area contributed by atoms with Crippen LogP contribution in [0.25, 0.3) is 0 Å². The van der Waals surface area contributed by atoms with Crippen LogP contribution in [0.3, 0.4) is 0 Å². The van der Waals surface area contributed by atoms with Crippen LogP contribution in [-0.4, -0.2) is 30.3 Å². The van der Waals surface area contributed by atoms with Gasteiger partial charge in [0.05, 0.1) is 28.7 Å². The van der Waals surface area contributed by atoms with Gasteiger partial charge in [0, 0.05) is 5.69 Å². The number of alkyl halides is 3. The van der Waals surface area contributed by atoms with Crippen molar-refractivity contribution in [3.05, 3.63) is 59.7 Å². The van der Waals surface area contributed by atoms with Crippen molar-refractivity contribution >= 4 is 35.1 Å². The van der Waals surface area contributed by atoms with Gasteiger partial charge in [0.25, 0.3) is 5.91 Å². The molecule has 3 amide bonds. The van der Waals surface area contributed by atoms with Crippen molar-refractivity contribution in [3.8, 4) is 0 Å². The van der Waals surface area contributed by atoms with Crippen LogP contribution in [0.4, 0.5) is 24.5 Å². The topological polar surface area (TPSA) is 92.8 Å². The standard InChI is InChI=1S/C25H23F3N2O5/c1-14-5-10-19-20(11-14)23(33)30(22(19)32)18-8-6-15(7-9-18)24(34)35-13-21(31)29-17-4-2-3-16(12-17)25(26,27)28/h2-4,6-9,12,14,19-20H,5,10-11,13H2,1H3,(H,29,31)/t14-,19+,20+/m1/s1. The Morgan fingerprint density at radius 1 is 1.03 bits per heavy atom. The molecule has 7 nitrogen and oxygen atoms in total. The number of hydrogen-bond acceptors (Lipinski definition) is 5. The number of nitrogens with zero attached hydrogens (tertiary/aromatic N) is 1. The second-order valence-electron chi connectivity index (χ2n) is 8.89. The summed E-state index contributed by atoms with van der Waals surface area (Å²) in [5.41, 5.74) is -0.553. The molecule has 0 spiro atoms. The molecule has 2 fully saturated rings. The lowest BCUT2D eigenvalue weighted by atomic mass is 9.76. The van der Waals surface area contributed by atoms with Crippen molar-refractivity contribution < 1.29 is 37.1 Å². The molecule has 1 saturated heterocycles. The van der Waals surface area contributed by atoms with Gasteiger partial charge in [0.1, 0.15) is 0 Å². The van der Waals surface area contributed by atoms with Crippen LogP contribution in [0.15, 0.2) is 48.5 Å². The second-order valence-corrected chi connectivity index (χ2v) is 8.89. The van der Waals surface area contributed by atoms with E-state index in [-0.39, 0.29) is 34.9 Å². The molecule has 1 aliphatic carbocycles. The highest BCUT2D eigenvalue weighted by atomic mass is 19.4. The Hall–Kier alpha value is -3.69. The van der Waals surface area contributed by atoms with Crippen LogP contribution in [0.2, 0.25) is 0 Å². The van der Waals surface area contributed by atoms with Gasteiger partial charge in [-0.2, -0.15) is 13.2 Å². The summed E-state index contributed by atoms with van der Waals surface area (Å²) in [7, 11) is 0. The maximum Gasteiger partial charge on any atom is 0.416 e. The van der Waals surface area contributed by atoms with E-state index in [1.54, 1.807) is 0 Å². The molecule has 35 heavy (non-hydrogen) atoms. The number of fused-ring (bicyclic) bond motifs is 1. The van der Waals surface area contributed by atoms with E-state index in [2.05, 4.69) is 12.2 Å². The maximum atomic E-state index is 12.8. The fourth-order valence-electron chi connectivity index (χ4n) is 4.58. The minimum atomic E-state index is -4.56. The zero-order chi connectivity index (χ0) is 25.3. The number of rotatable bonds is 5. The van der Waals surface area contributed by atoms with Gasteiger partial charge in [0.2, 0.25) is 11.8 Å². The first-order valence-corrected chi connectivity index (χ1v) is 11.2. The molecule has 2 aromatic carbocycles. The molecule has 0 unspecified atom stereocenters. The van der Waals surface area contributed by atoms with Crippen LogP contribution in [0.1, 0.15) is 42.1 Å². The Kier molecular flexibility index (Phi) is 6.64. The van der Waals surface area contributed by atoms with Gasteiger partial charge in [-0.05, 0) is 67.6 Å². The second kappa shape index (κ2) is 9.52. The highest BCUT2D eigenvalue weighted by Crippen LogP contribution is 2.42. The lowest BCUT2D eigenvalue weighted by Crippen LogP contribution is -2.30. The molecule has 3 atom stereocenters. The number of anilines is 2. The molecule has 0 radical (unpaired) electrons. The minimum absolute atomic E-state index is 0.0832. The molecule has 1 aliphatic heterocycles. The normalized spacial score (nSPS) is 22.1. The molecule has 2 aromatic rings. The number of imide groups is 1. The molecule has 184 valence electrons. The largest absolute Gasteiger partial charge is 0.452 e. The van der Waals surface area contributed by atoms with Crippen molar-refractivity contribution in [1.29, 1.82) is 0 Å². The SMILES string of the molecule is C[C@@H]1CC[C@@H]2C(=O)N(c3ccc(C(=O)OCC(=O)Nc4cccc(C(F)(F)F)c4)cc3)C(=O)[C@H]2C1. The number of halogens is 3. The Bertz CT molecular complexity index is 1160. The zero-order valence-corrected chi connectivity index (χ0v) is 18.8. The summed E-state index contributed by atoms with van der Waals surface area (Å²) in [5.74, 6) is -2.33. The predicted molar refractivity (Wildman–Crippen MR) is 119 cm³/mol. The summed E-state index contributed by atoms with van der Waals surface area (Å²) in [6, 6.07) is 9.78. The third kappa shape index (κ3) is 5.21. The fraction of sp³-hybridized carbons (Fsp3) is 0.360. The van der Waals surface area contributed by atoms with Crippen molar-refractivity contribution in [2.75, 3.05) is 16.8 Å². The first kappa shape index (κ1) is 24.4. The molecule has 10 heteroatoms. The van der Waals surface area contributed by atoms with E-state index < -0.39 is 30.2 Å². The molecule has 1 saturated carbocycles. The summed E-state index contributed by atoms with van der Waals surface area (Å²) < 4.78 is 43.3. The molecule has 1 N–H and O–H groups in total. The lowest BCUT2D eigenvalue weighted by molar-refractivity contribution is -0.137. The number of hydrogen-bond donors (Lipinski definition) is 1. The minimum Gasteiger partial charge on any atom is -0.452 e. The van der Waals surface area contributed by atoms with Crippen LogP contribution < -0.4 is 10.2 Å². The van der Waals surface area contributed by atoms with Crippen LogP contribution in [-0.2, 0) is 25.3 Å². The Morgan fingerprint density at radius 3 is 2.40 bits per heavy atom. The van der Waals surface area contributed by atoms with Crippen LogP contribution in [0.5, 0.6) is 0 Å². The Balaban J connectivity index is 1.34. The molecule has 2 aliphatic rings. The number of amides is 3. The van der Waals surface area contributed by atoms with Crippen LogP contribution >= 0.6 is 0 Å². The van der Waals surface area contributed by atoms with E-state index in [1.165, 1.54) is 35.2 Å². The van der Waals surface area contributed by atoms with Crippen molar-refractivity contribution in [1.82, 2.24) is 0 Å². The van der Waals surface area contributed by atoms with E-state index in [0.717, 1.165) is 24.6 Å². The molecule has 0 bridgehead atoms. The quantitative estimate of drug-likeness (QED) is 0.497. The van der Waals surface area contributed by atoms with E-state index in [0.29, 0.717) is 24.4 Å². The number of nitrogens with one attached hydrogen (secondary N) is 1. The smallest absolute Gasteiger partial charge is 0.416 e. The third-order valence-electron chi connectivity index (χ3n) is 6.36. The summed E-state index contributed by atoms with van der Waals surface area (Å²) >= 11 is 0. The van der Waals surface area contributed by atoms with Gasteiger partial charge in [-0.15, -0.1) is 0 Å². The first-order valence-electron chi connectivity index (χ1n) is 11.2. The Morgan fingerprint density at radius 2 is 1.71 bits per heavy atom. The zero-order valence-electron chi connectivity index (χ0n) is 18.8. The van der Waals surface area contributed by atoms with E-state index >= 15 is 0 Å². The number of esters is 1. The fourth-order valence-corrected chi connectivity index (χ4v) is 4.58. The number of carbonyl (C=O) groups is 4. The number of benzene rings is 2. The summed E-state index contributed by atoms with van der Waals surface area (Å²) in [6.07, 6.45) is -2.29. The molecule has 4 rings (SSSR count). The van der Waals surface area contributed by atoms with Crippen molar-refractivity contribution in [2.24, 2.45) is 17.8 Å². The van der Waals surface area contributed by atoms with Gasteiger partial charge in [-0.1, -0.05) is 13.0 Å². The van der Waals surface area contributed by atoms with E-state index in [4.69, 9.17) is 4.74 Å². The third-order valence-corrected chi connectivity index (χ3v) is 6.36.